The normalized spacial score (nSPS) is 22.6. The lowest BCUT2D eigenvalue weighted by atomic mass is 10.0. The van der Waals surface area contributed by atoms with Gasteiger partial charge < -0.3 is 5.32 Å². The van der Waals surface area contributed by atoms with Crippen molar-refractivity contribution >= 4 is 16.3 Å². The van der Waals surface area contributed by atoms with Crippen molar-refractivity contribution in [2.45, 2.75) is 25.3 Å². The van der Waals surface area contributed by atoms with Crippen LogP contribution >= 0.6 is 11.3 Å². The third-order valence-electron chi connectivity index (χ3n) is 3.75. The summed E-state index contributed by atoms with van der Waals surface area (Å²) >= 11 is 1.60. The first-order valence-corrected chi connectivity index (χ1v) is 7.46. The summed E-state index contributed by atoms with van der Waals surface area (Å²) in [6, 6.07) is 3.86. The van der Waals surface area contributed by atoms with E-state index in [4.69, 9.17) is 5.10 Å². The highest BCUT2D eigenvalue weighted by atomic mass is 32.1. The van der Waals surface area contributed by atoms with Crippen molar-refractivity contribution in [3.63, 3.8) is 0 Å². The lowest BCUT2D eigenvalue weighted by molar-refractivity contribution is 0.427. The van der Waals surface area contributed by atoms with Crippen LogP contribution in [0, 0.1) is 0 Å². The summed E-state index contributed by atoms with van der Waals surface area (Å²) in [4.78, 5) is 4.96. The van der Waals surface area contributed by atoms with Crippen LogP contribution < -0.4 is 5.32 Å². The summed E-state index contributed by atoms with van der Waals surface area (Å²) in [7, 11) is 0. The molecule has 1 fully saturated rings. The zero-order chi connectivity index (χ0) is 13.6. The Balaban J connectivity index is 1.83. The average Bonchev–Trinajstić information content (AvgIpc) is 3.14. The molecule has 4 heterocycles. The quantitative estimate of drug-likeness (QED) is 0.778. The Morgan fingerprint density at radius 2 is 2.35 bits per heavy atom. The van der Waals surface area contributed by atoms with Crippen molar-refractivity contribution in [2.75, 3.05) is 6.54 Å². The lowest BCUT2D eigenvalue weighted by Crippen LogP contribution is -2.33. The Hall–Kier alpha value is -1.86. The number of hydrogen-bond acceptors (Lipinski definition) is 6. The van der Waals surface area contributed by atoms with Crippen LogP contribution in [0.4, 0.5) is 0 Å². The first kappa shape index (κ1) is 11.9. The number of rotatable bonds is 2. The Labute approximate surface area is 119 Å². The molecule has 1 atom stereocenters. The second-order valence-corrected chi connectivity index (χ2v) is 6.19. The van der Waals surface area contributed by atoms with Crippen molar-refractivity contribution in [1.82, 2.24) is 30.1 Å². The van der Waals surface area contributed by atoms with Crippen LogP contribution in [0.3, 0.4) is 0 Å². The van der Waals surface area contributed by atoms with E-state index in [2.05, 4.69) is 27.4 Å². The number of aromatic nitrogens is 5. The number of hydrogen-bond donors (Lipinski definition) is 1. The van der Waals surface area contributed by atoms with Crippen molar-refractivity contribution in [3.05, 3.63) is 29.5 Å². The van der Waals surface area contributed by atoms with Gasteiger partial charge in [0.2, 0.25) is 4.96 Å². The van der Waals surface area contributed by atoms with E-state index in [1.807, 2.05) is 16.6 Å². The summed E-state index contributed by atoms with van der Waals surface area (Å²) in [5, 5.41) is 17.8. The molecule has 3 aromatic heterocycles. The van der Waals surface area contributed by atoms with E-state index in [0.29, 0.717) is 0 Å². The summed E-state index contributed by atoms with van der Waals surface area (Å²) in [6.07, 6.45) is 5.83. The number of fused-ring (bicyclic) bond motifs is 1. The predicted molar refractivity (Wildman–Crippen MR) is 76.5 cm³/mol. The van der Waals surface area contributed by atoms with E-state index in [1.54, 1.807) is 23.7 Å². The molecule has 0 aromatic carbocycles. The van der Waals surface area contributed by atoms with Gasteiger partial charge in [0.05, 0.1) is 5.54 Å². The molecule has 0 bridgehead atoms. The van der Waals surface area contributed by atoms with Gasteiger partial charge in [-0.05, 0) is 38.4 Å². The molecular weight excluding hydrogens is 272 g/mol. The first-order chi connectivity index (χ1) is 9.76. The lowest BCUT2D eigenvalue weighted by Gasteiger charge is -2.20. The smallest absolute Gasteiger partial charge is 0.235 e. The van der Waals surface area contributed by atoms with E-state index < -0.39 is 0 Å². The third-order valence-corrected chi connectivity index (χ3v) is 4.91. The van der Waals surface area contributed by atoms with E-state index in [9.17, 15) is 0 Å². The number of nitrogens with one attached hydrogen (secondary N) is 1. The number of nitrogens with zero attached hydrogens (tertiary/aromatic N) is 5. The van der Waals surface area contributed by atoms with Crippen molar-refractivity contribution in [3.8, 4) is 11.4 Å². The topological polar surface area (TPSA) is 68.0 Å². The highest BCUT2D eigenvalue weighted by Crippen LogP contribution is 2.33. The summed E-state index contributed by atoms with van der Waals surface area (Å²) in [5.41, 5.74) is 0.902. The van der Waals surface area contributed by atoms with Crippen LogP contribution in [0.2, 0.25) is 0 Å². The minimum absolute atomic E-state index is 0.0302. The van der Waals surface area contributed by atoms with E-state index >= 15 is 0 Å². The molecule has 1 aliphatic heterocycles. The number of pyridine rings is 1. The van der Waals surface area contributed by atoms with E-state index in [0.717, 1.165) is 34.3 Å². The maximum atomic E-state index is 4.72. The van der Waals surface area contributed by atoms with Gasteiger partial charge in [-0.25, -0.2) is 0 Å². The Bertz CT molecular complexity index is 741. The molecule has 4 rings (SSSR count). The monoisotopic (exact) mass is 286 g/mol. The average molecular weight is 286 g/mol. The molecule has 1 N–H and O–H groups in total. The highest BCUT2D eigenvalue weighted by molar-refractivity contribution is 7.16. The molecule has 0 aliphatic carbocycles. The van der Waals surface area contributed by atoms with Gasteiger partial charge in [-0.15, -0.1) is 10.2 Å². The van der Waals surface area contributed by atoms with Gasteiger partial charge in [-0.3, -0.25) is 4.98 Å². The Kier molecular flexibility index (Phi) is 2.58. The van der Waals surface area contributed by atoms with E-state index in [1.165, 1.54) is 6.42 Å². The molecule has 1 aliphatic rings. The molecule has 20 heavy (non-hydrogen) atoms. The van der Waals surface area contributed by atoms with E-state index in [-0.39, 0.29) is 5.54 Å². The molecule has 3 aromatic rings. The van der Waals surface area contributed by atoms with Crippen molar-refractivity contribution in [2.24, 2.45) is 0 Å². The SMILES string of the molecule is CC1(c2nn3c(-c4cccnc4)nnc3s2)CCCN1. The van der Waals surface area contributed by atoms with Crippen LogP contribution in [0.15, 0.2) is 24.5 Å². The van der Waals surface area contributed by atoms with Crippen molar-refractivity contribution < 1.29 is 0 Å². The van der Waals surface area contributed by atoms with Crippen molar-refractivity contribution in [1.29, 1.82) is 0 Å². The van der Waals surface area contributed by atoms with Gasteiger partial charge in [0.1, 0.15) is 5.01 Å². The van der Waals surface area contributed by atoms with Crippen LogP contribution in [-0.4, -0.2) is 31.3 Å². The van der Waals surface area contributed by atoms with Gasteiger partial charge in [0, 0.05) is 18.0 Å². The van der Waals surface area contributed by atoms with Crippen LogP contribution in [0.1, 0.15) is 24.8 Å². The molecule has 1 saturated heterocycles. The summed E-state index contributed by atoms with van der Waals surface area (Å²) in [6.45, 7) is 3.25. The first-order valence-electron chi connectivity index (χ1n) is 6.64. The molecule has 0 spiro atoms. The minimum Gasteiger partial charge on any atom is -0.306 e. The Morgan fingerprint density at radius 1 is 1.40 bits per heavy atom. The molecule has 102 valence electrons. The molecular formula is C13H14N6S. The second-order valence-electron chi connectivity index (χ2n) is 5.23. The molecule has 0 saturated carbocycles. The van der Waals surface area contributed by atoms with Gasteiger partial charge in [0.15, 0.2) is 5.82 Å². The molecule has 0 radical (unpaired) electrons. The van der Waals surface area contributed by atoms with Gasteiger partial charge in [-0.2, -0.15) is 9.61 Å². The van der Waals surface area contributed by atoms with Gasteiger partial charge in [-0.1, -0.05) is 11.3 Å². The summed E-state index contributed by atoms with van der Waals surface area (Å²) < 4.78 is 1.82. The zero-order valence-corrected chi connectivity index (χ0v) is 11.9. The second kappa shape index (κ2) is 4.32. The summed E-state index contributed by atoms with van der Waals surface area (Å²) in [5.74, 6) is 0.747. The predicted octanol–water partition coefficient (Wildman–Crippen LogP) is 1.85. The maximum absolute atomic E-state index is 4.72. The van der Waals surface area contributed by atoms with Gasteiger partial charge >= 0.3 is 0 Å². The standard InChI is InChI=1S/C13H14N6S/c1-13(5-3-7-15-13)11-18-19-10(16-17-12(19)20-11)9-4-2-6-14-8-9/h2,4,6,8,15H,3,5,7H2,1H3. The minimum atomic E-state index is -0.0302. The Morgan fingerprint density at radius 3 is 3.10 bits per heavy atom. The maximum Gasteiger partial charge on any atom is 0.235 e. The fourth-order valence-corrected chi connectivity index (χ4v) is 3.58. The van der Waals surface area contributed by atoms with Crippen LogP contribution in [0.25, 0.3) is 16.3 Å². The molecule has 7 heteroatoms. The fraction of sp³-hybridized carbons (Fsp3) is 0.385. The molecule has 6 nitrogen and oxygen atoms in total. The fourth-order valence-electron chi connectivity index (χ4n) is 2.59. The van der Waals surface area contributed by atoms with Gasteiger partial charge in [0.25, 0.3) is 0 Å². The molecule has 1 unspecified atom stereocenters. The largest absolute Gasteiger partial charge is 0.306 e. The van der Waals surface area contributed by atoms with Crippen LogP contribution in [-0.2, 0) is 5.54 Å². The van der Waals surface area contributed by atoms with Crippen LogP contribution in [0.5, 0.6) is 0 Å². The molecule has 0 amide bonds. The zero-order valence-electron chi connectivity index (χ0n) is 11.1. The third kappa shape index (κ3) is 1.74. The highest BCUT2D eigenvalue weighted by Gasteiger charge is 2.34.